The molecular formula is C17H24O3. The molecule has 0 spiro atoms. The van der Waals surface area contributed by atoms with E-state index in [2.05, 4.69) is 11.8 Å². The fourth-order valence-electron chi connectivity index (χ4n) is 1.83. The van der Waals surface area contributed by atoms with E-state index in [1.165, 1.54) is 12.8 Å². The van der Waals surface area contributed by atoms with Crippen molar-refractivity contribution < 1.29 is 15.0 Å². The number of allylic oxidation sites excluding steroid dienone is 3. The third-order valence-electron chi connectivity index (χ3n) is 3.15. The van der Waals surface area contributed by atoms with Crippen molar-refractivity contribution in [1.29, 1.82) is 0 Å². The lowest BCUT2D eigenvalue weighted by molar-refractivity contribution is -0.117. The molecule has 0 heterocycles. The van der Waals surface area contributed by atoms with E-state index in [9.17, 15) is 15.0 Å². The van der Waals surface area contributed by atoms with Gasteiger partial charge in [-0.1, -0.05) is 42.9 Å². The normalized spacial score (nSPS) is 17.9. The molecule has 1 rings (SSSR count). The van der Waals surface area contributed by atoms with Crippen LogP contribution >= 0.6 is 0 Å². The molecule has 110 valence electrons. The molecule has 0 bridgehead atoms. The van der Waals surface area contributed by atoms with Gasteiger partial charge in [0.2, 0.25) is 0 Å². The molecule has 2 atom stereocenters. The van der Waals surface area contributed by atoms with Crippen LogP contribution in [0.4, 0.5) is 0 Å². The zero-order valence-corrected chi connectivity index (χ0v) is 12.1. The summed E-state index contributed by atoms with van der Waals surface area (Å²) in [7, 11) is 0. The van der Waals surface area contributed by atoms with Gasteiger partial charge in [0.1, 0.15) is 11.9 Å². The van der Waals surface area contributed by atoms with E-state index in [0.29, 0.717) is 25.2 Å². The summed E-state index contributed by atoms with van der Waals surface area (Å²) in [5.41, 5.74) is 0. The Morgan fingerprint density at radius 2 is 2.10 bits per heavy atom. The molecule has 0 aromatic rings. The molecule has 3 nitrogen and oxygen atoms in total. The minimum absolute atomic E-state index is 0.139. The summed E-state index contributed by atoms with van der Waals surface area (Å²) in [6, 6.07) is 0. The summed E-state index contributed by atoms with van der Waals surface area (Å²) in [6.07, 6.45) is 10.9. The van der Waals surface area contributed by atoms with Crippen molar-refractivity contribution in [3.05, 3.63) is 24.3 Å². The van der Waals surface area contributed by atoms with E-state index in [1.54, 1.807) is 31.2 Å². The second kappa shape index (κ2) is 9.52. The van der Waals surface area contributed by atoms with Crippen LogP contribution in [-0.2, 0) is 4.79 Å². The number of aliphatic hydroxyl groups is 2. The third kappa shape index (κ3) is 9.55. The second-order valence-corrected chi connectivity index (χ2v) is 5.39. The van der Waals surface area contributed by atoms with Gasteiger partial charge in [0, 0.05) is 6.42 Å². The molecular weight excluding hydrogens is 252 g/mol. The molecule has 0 aromatic carbocycles. The Labute approximate surface area is 121 Å². The smallest absolute Gasteiger partial charge is 0.129 e. The fraction of sp³-hybridized carbons (Fsp3) is 0.588. The van der Waals surface area contributed by atoms with Crippen LogP contribution in [0.25, 0.3) is 0 Å². The SMILES string of the molecule is CC(=O)CCC[C@H](O)C#C/C=C/C=C/[C@H](O)CC1CC1. The van der Waals surface area contributed by atoms with Crippen LogP contribution < -0.4 is 0 Å². The van der Waals surface area contributed by atoms with Gasteiger partial charge in [-0.2, -0.15) is 0 Å². The summed E-state index contributed by atoms with van der Waals surface area (Å²) in [4.78, 5) is 10.7. The molecule has 20 heavy (non-hydrogen) atoms. The summed E-state index contributed by atoms with van der Waals surface area (Å²) in [6.45, 7) is 1.55. The van der Waals surface area contributed by atoms with E-state index in [-0.39, 0.29) is 11.9 Å². The standard InChI is InChI=1S/C17H24O3/c1-14(18)7-6-10-16(19)8-4-2-3-5-9-17(20)13-15-11-12-15/h2-3,5,9,15-17,19-20H,6-7,10-13H2,1H3/b3-2+,9-5+/t16-,17+/m1/s1. The number of rotatable bonds is 8. The monoisotopic (exact) mass is 276 g/mol. The lowest BCUT2D eigenvalue weighted by Gasteiger charge is -2.01. The van der Waals surface area contributed by atoms with Gasteiger partial charge < -0.3 is 15.0 Å². The Kier molecular flexibility index (Phi) is 7.94. The van der Waals surface area contributed by atoms with E-state index in [0.717, 1.165) is 6.42 Å². The predicted octanol–water partition coefficient (Wildman–Crippen LogP) is 2.38. The van der Waals surface area contributed by atoms with Gasteiger partial charge in [0.25, 0.3) is 0 Å². The van der Waals surface area contributed by atoms with Gasteiger partial charge in [-0.05, 0) is 38.2 Å². The topological polar surface area (TPSA) is 57.5 Å². The Balaban J connectivity index is 2.13. The maximum Gasteiger partial charge on any atom is 0.129 e. The number of aliphatic hydroxyl groups excluding tert-OH is 2. The van der Waals surface area contributed by atoms with Crippen molar-refractivity contribution >= 4 is 5.78 Å². The number of carbonyl (C=O) groups is 1. The first-order valence-electron chi connectivity index (χ1n) is 7.28. The zero-order valence-electron chi connectivity index (χ0n) is 12.1. The molecule has 0 aliphatic heterocycles. The quantitative estimate of drug-likeness (QED) is 0.528. The van der Waals surface area contributed by atoms with Gasteiger partial charge in [-0.25, -0.2) is 0 Å². The van der Waals surface area contributed by atoms with Gasteiger partial charge in [0.05, 0.1) is 6.10 Å². The molecule has 1 aliphatic rings. The van der Waals surface area contributed by atoms with Crippen molar-refractivity contribution in [2.45, 2.75) is 57.7 Å². The molecule has 1 fully saturated rings. The molecule has 0 radical (unpaired) electrons. The molecule has 0 amide bonds. The summed E-state index contributed by atoms with van der Waals surface area (Å²) < 4.78 is 0. The molecule has 0 unspecified atom stereocenters. The van der Waals surface area contributed by atoms with Crippen LogP contribution in [-0.4, -0.2) is 28.2 Å². The highest BCUT2D eigenvalue weighted by Gasteiger charge is 2.23. The maximum absolute atomic E-state index is 10.7. The van der Waals surface area contributed by atoms with Crippen LogP contribution in [0, 0.1) is 17.8 Å². The lowest BCUT2D eigenvalue weighted by Crippen LogP contribution is -2.03. The minimum Gasteiger partial charge on any atom is -0.389 e. The number of ketones is 1. The van der Waals surface area contributed by atoms with Crippen LogP contribution in [0.2, 0.25) is 0 Å². The predicted molar refractivity (Wildman–Crippen MR) is 79.9 cm³/mol. The third-order valence-corrected chi connectivity index (χ3v) is 3.15. The largest absolute Gasteiger partial charge is 0.389 e. The Hall–Kier alpha value is -1.37. The second-order valence-electron chi connectivity index (χ2n) is 5.39. The van der Waals surface area contributed by atoms with Crippen molar-refractivity contribution in [3.8, 4) is 11.8 Å². The van der Waals surface area contributed by atoms with Gasteiger partial charge in [0.15, 0.2) is 0 Å². The summed E-state index contributed by atoms with van der Waals surface area (Å²) in [5.74, 6) is 6.30. The zero-order chi connectivity index (χ0) is 14.8. The van der Waals surface area contributed by atoms with Crippen molar-refractivity contribution in [2.75, 3.05) is 0 Å². The maximum atomic E-state index is 10.7. The van der Waals surface area contributed by atoms with Crippen molar-refractivity contribution in [2.24, 2.45) is 5.92 Å². The van der Waals surface area contributed by atoms with E-state index in [4.69, 9.17) is 0 Å². The average Bonchev–Trinajstić information content (AvgIpc) is 3.17. The molecule has 0 saturated heterocycles. The lowest BCUT2D eigenvalue weighted by atomic mass is 10.1. The first-order valence-corrected chi connectivity index (χ1v) is 7.28. The Bertz CT molecular complexity index is 408. The van der Waals surface area contributed by atoms with Crippen molar-refractivity contribution in [1.82, 2.24) is 0 Å². The summed E-state index contributed by atoms with van der Waals surface area (Å²) >= 11 is 0. The first-order chi connectivity index (χ1) is 9.58. The molecule has 3 heteroatoms. The van der Waals surface area contributed by atoms with Crippen LogP contribution in [0.3, 0.4) is 0 Å². The number of carbonyl (C=O) groups excluding carboxylic acids is 1. The Morgan fingerprint density at radius 1 is 1.35 bits per heavy atom. The molecule has 1 saturated carbocycles. The molecule has 2 N–H and O–H groups in total. The summed E-state index contributed by atoms with van der Waals surface area (Å²) in [5, 5.41) is 19.2. The van der Waals surface area contributed by atoms with Gasteiger partial charge >= 0.3 is 0 Å². The van der Waals surface area contributed by atoms with E-state index >= 15 is 0 Å². The van der Waals surface area contributed by atoms with Crippen LogP contribution in [0.15, 0.2) is 24.3 Å². The highest BCUT2D eigenvalue weighted by molar-refractivity contribution is 5.75. The highest BCUT2D eigenvalue weighted by Crippen LogP contribution is 2.33. The van der Waals surface area contributed by atoms with E-state index < -0.39 is 6.10 Å². The highest BCUT2D eigenvalue weighted by atomic mass is 16.3. The minimum atomic E-state index is -0.677. The van der Waals surface area contributed by atoms with Gasteiger partial charge in [-0.3, -0.25) is 0 Å². The van der Waals surface area contributed by atoms with E-state index in [1.807, 2.05) is 0 Å². The van der Waals surface area contributed by atoms with Crippen LogP contribution in [0.1, 0.15) is 45.4 Å². The van der Waals surface area contributed by atoms with Crippen molar-refractivity contribution in [3.63, 3.8) is 0 Å². The molecule has 1 aliphatic carbocycles. The first kappa shape index (κ1) is 16.7. The Morgan fingerprint density at radius 3 is 2.75 bits per heavy atom. The average molecular weight is 276 g/mol. The number of hydrogen-bond acceptors (Lipinski definition) is 3. The van der Waals surface area contributed by atoms with Crippen LogP contribution in [0.5, 0.6) is 0 Å². The van der Waals surface area contributed by atoms with Gasteiger partial charge in [-0.15, -0.1) is 0 Å². The number of hydrogen-bond donors (Lipinski definition) is 2. The molecule has 0 aromatic heterocycles. The fourth-order valence-corrected chi connectivity index (χ4v) is 1.83. The number of Topliss-reactive ketones (excluding diaryl/α,β-unsaturated/α-hetero) is 1.